The van der Waals surface area contributed by atoms with Crippen LogP contribution in [0.4, 0.5) is 5.13 Å². The number of aromatic nitrogens is 3. The van der Waals surface area contributed by atoms with E-state index in [0.717, 1.165) is 40.9 Å². The zero-order valence-corrected chi connectivity index (χ0v) is 15.9. The third-order valence-electron chi connectivity index (χ3n) is 4.76. The summed E-state index contributed by atoms with van der Waals surface area (Å²) in [5, 5.41) is 7.09. The minimum atomic E-state index is 0.0726. The lowest BCUT2D eigenvalue weighted by Crippen LogP contribution is -2.48. The van der Waals surface area contributed by atoms with Gasteiger partial charge in [-0.25, -0.2) is 4.98 Å². The Morgan fingerprint density at radius 2 is 1.92 bits per heavy atom. The Balaban J connectivity index is 1.52. The van der Waals surface area contributed by atoms with Crippen molar-refractivity contribution in [1.82, 2.24) is 19.6 Å². The van der Waals surface area contributed by atoms with Crippen LogP contribution in [0.3, 0.4) is 0 Å². The Morgan fingerprint density at radius 1 is 1.15 bits per heavy atom. The summed E-state index contributed by atoms with van der Waals surface area (Å²) in [5.74, 6) is 1.53. The van der Waals surface area contributed by atoms with Crippen LogP contribution >= 0.6 is 11.3 Å². The van der Waals surface area contributed by atoms with Crippen LogP contribution < -0.4 is 4.90 Å². The van der Waals surface area contributed by atoms with Crippen LogP contribution in [0.5, 0.6) is 0 Å². The van der Waals surface area contributed by atoms with Crippen molar-refractivity contribution in [2.24, 2.45) is 0 Å². The summed E-state index contributed by atoms with van der Waals surface area (Å²) in [5.41, 5.74) is 2.59. The average Bonchev–Trinajstić information content (AvgIpc) is 3.36. The highest BCUT2D eigenvalue weighted by Gasteiger charge is 2.26. The molecule has 1 aliphatic heterocycles. The van der Waals surface area contributed by atoms with Crippen molar-refractivity contribution in [1.29, 1.82) is 0 Å². The fourth-order valence-electron chi connectivity index (χ4n) is 3.43. The van der Waals surface area contributed by atoms with E-state index in [-0.39, 0.29) is 5.91 Å². The van der Waals surface area contributed by atoms with Crippen LogP contribution in [-0.2, 0) is 0 Å². The Bertz CT molecular complexity index is 920. The fraction of sp³-hybridized carbons (Fsp3) is 0.389. The van der Waals surface area contributed by atoms with Crippen LogP contribution in [0.15, 0.2) is 28.2 Å². The van der Waals surface area contributed by atoms with E-state index in [9.17, 15) is 4.79 Å². The molecule has 7 nitrogen and oxygen atoms in total. The lowest BCUT2D eigenvalue weighted by atomic mass is 10.2. The van der Waals surface area contributed by atoms with Crippen molar-refractivity contribution in [3.05, 3.63) is 46.4 Å². The number of hydrogen-bond acceptors (Lipinski definition) is 6. The first-order valence-corrected chi connectivity index (χ1v) is 9.49. The number of thiazole rings is 1. The van der Waals surface area contributed by atoms with Gasteiger partial charge in [0.1, 0.15) is 5.76 Å². The van der Waals surface area contributed by atoms with Gasteiger partial charge in [0.2, 0.25) is 0 Å². The molecule has 3 aromatic rings. The summed E-state index contributed by atoms with van der Waals surface area (Å²) in [6.07, 6.45) is 1.82. The topological polar surface area (TPSA) is 67.4 Å². The quantitative estimate of drug-likeness (QED) is 0.708. The van der Waals surface area contributed by atoms with E-state index in [1.165, 1.54) is 0 Å². The van der Waals surface area contributed by atoms with Gasteiger partial charge in [-0.3, -0.25) is 9.36 Å². The van der Waals surface area contributed by atoms with E-state index >= 15 is 0 Å². The van der Waals surface area contributed by atoms with Crippen LogP contribution in [-0.4, -0.2) is 51.7 Å². The average molecular weight is 371 g/mol. The second-order valence-electron chi connectivity index (χ2n) is 6.51. The van der Waals surface area contributed by atoms with Gasteiger partial charge in [-0.05, 0) is 26.8 Å². The summed E-state index contributed by atoms with van der Waals surface area (Å²) in [4.78, 5) is 21.6. The fourth-order valence-corrected chi connectivity index (χ4v) is 4.13. The van der Waals surface area contributed by atoms with Crippen LogP contribution in [0.1, 0.15) is 27.5 Å². The number of nitrogens with zero attached hydrogens (tertiary/aromatic N) is 5. The van der Waals surface area contributed by atoms with Gasteiger partial charge in [-0.2, -0.15) is 0 Å². The smallest absolute Gasteiger partial charge is 0.255 e. The van der Waals surface area contributed by atoms with Gasteiger partial charge in [0.15, 0.2) is 10.9 Å². The van der Waals surface area contributed by atoms with Gasteiger partial charge in [0.05, 0.1) is 5.56 Å². The molecule has 136 valence electrons. The number of piperazine rings is 1. The minimum Gasteiger partial charge on any atom is -0.360 e. The van der Waals surface area contributed by atoms with Crippen LogP contribution in [0, 0.1) is 20.8 Å². The van der Waals surface area contributed by atoms with E-state index < -0.39 is 0 Å². The van der Waals surface area contributed by atoms with Crippen molar-refractivity contribution in [2.75, 3.05) is 31.1 Å². The molecule has 0 spiro atoms. The number of rotatable bonds is 3. The number of amides is 1. The highest BCUT2D eigenvalue weighted by Crippen LogP contribution is 2.24. The molecule has 8 heteroatoms. The number of anilines is 1. The number of aryl methyl sites for hydroxylation is 2. The molecule has 0 N–H and O–H groups in total. The summed E-state index contributed by atoms with van der Waals surface area (Å²) in [6, 6.07) is 3.82. The van der Waals surface area contributed by atoms with Crippen molar-refractivity contribution >= 4 is 22.4 Å². The normalized spacial score (nSPS) is 14.9. The van der Waals surface area contributed by atoms with Gasteiger partial charge in [0, 0.05) is 55.2 Å². The molecule has 0 radical (unpaired) electrons. The van der Waals surface area contributed by atoms with E-state index in [0.29, 0.717) is 18.9 Å². The standard InChI is InChI=1S/C18H21N5O2S/c1-12-10-15(14(3)23(12)16-11-13(2)25-20-16)17(24)21-5-7-22(8-6-21)18-19-4-9-26-18/h4,9-11H,5-8H2,1-3H3. The van der Waals surface area contributed by atoms with E-state index in [1.807, 2.05) is 53.9 Å². The first kappa shape index (κ1) is 16.8. The van der Waals surface area contributed by atoms with Crippen molar-refractivity contribution in [3.8, 4) is 5.82 Å². The SMILES string of the molecule is Cc1cc(-n2c(C)cc(C(=O)N3CCN(c4nccs4)CC3)c2C)no1. The molecule has 26 heavy (non-hydrogen) atoms. The molecule has 0 unspecified atom stereocenters. The summed E-state index contributed by atoms with van der Waals surface area (Å²) >= 11 is 1.63. The van der Waals surface area contributed by atoms with Crippen molar-refractivity contribution in [3.63, 3.8) is 0 Å². The summed E-state index contributed by atoms with van der Waals surface area (Å²) in [6.45, 7) is 8.81. The Labute approximate surface area is 155 Å². The Morgan fingerprint density at radius 3 is 2.54 bits per heavy atom. The molecule has 0 bridgehead atoms. The second kappa shape index (κ2) is 6.60. The maximum atomic E-state index is 13.1. The third-order valence-corrected chi connectivity index (χ3v) is 5.60. The molecule has 0 atom stereocenters. The number of hydrogen-bond donors (Lipinski definition) is 0. The predicted octanol–water partition coefficient (Wildman–Crippen LogP) is 2.81. The molecule has 1 aliphatic rings. The number of carbonyl (C=O) groups is 1. The monoisotopic (exact) mass is 371 g/mol. The molecular formula is C18H21N5O2S. The van der Waals surface area contributed by atoms with Crippen LogP contribution in [0.25, 0.3) is 5.82 Å². The van der Waals surface area contributed by atoms with Gasteiger partial charge in [0.25, 0.3) is 5.91 Å². The molecule has 0 aliphatic carbocycles. The molecule has 4 heterocycles. The molecular weight excluding hydrogens is 350 g/mol. The first-order valence-electron chi connectivity index (χ1n) is 8.61. The predicted molar refractivity (Wildman–Crippen MR) is 100 cm³/mol. The Hall–Kier alpha value is -2.61. The Kier molecular flexibility index (Phi) is 4.28. The van der Waals surface area contributed by atoms with Crippen molar-refractivity contribution in [2.45, 2.75) is 20.8 Å². The summed E-state index contributed by atoms with van der Waals surface area (Å²) in [7, 11) is 0. The molecule has 1 amide bonds. The largest absolute Gasteiger partial charge is 0.360 e. The molecule has 1 fully saturated rings. The molecule has 4 rings (SSSR count). The van der Waals surface area contributed by atoms with E-state index in [1.54, 1.807) is 11.3 Å². The lowest BCUT2D eigenvalue weighted by molar-refractivity contribution is 0.0746. The highest BCUT2D eigenvalue weighted by molar-refractivity contribution is 7.13. The van der Waals surface area contributed by atoms with Gasteiger partial charge in [-0.1, -0.05) is 5.16 Å². The maximum absolute atomic E-state index is 13.1. The lowest BCUT2D eigenvalue weighted by Gasteiger charge is -2.34. The first-order chi connectivity index (χ1) is 12.5. The van der Waals surface area contributed by atoms with E-state index in [4.69, 9.17) is 4.52 Å². The van der Waals surface area contributed by atoms with Crippen LogP contribution in [0.2, 0.25) is 0 Å². The van der Waals surface area contributed by atoms with Gasteiger partial charge < -0.3 is 14.3 Å². The molecule has 0 aromatic carbocycles. The second-order valence-corrected chi connectivity index (χ2v) is 7.38. The number of carbonyl (C=O) groups excluding carboxylic acids is 1. The van der Waals surface area contributed by atoms with Crippen molar-refractivity contribution < 1.29 is 9.32 Å². The molecule has 3 aromatic heterocycles. The zero-order valence-electron chi connectivity index (χ0n) is 15.1. The van der Waals surface area contributed by atoms with Gasteiger partial charge >= 0.3 is 0 Å². The summed E-state index contributed by atoms with van der Waals surface area (Å²) < 4.78 is 7.15. The molecule has 0 saturated carbocycles. The van der Waals surface area contributed by atoms with E-state index in [2.05, 4.69) is 15.0 Å². The highest BCUT2D eigenvalue weighted by atomic mass is 32.1. The minimum absolute atomic E-state index is 0.0726. The zero-order chi connectivity index (χ0) is 18.3. The maximum Gasteiger partial charge on any atom is 0.255 e. The molecule has 1 saturated heterocycles. The third kappa shape index (κ3) is 2.90. The van der Waals surface area contributed by atoms with Gasteiger partial charge in [-0.15, -0.1) is 11.3 Å².